The Morgan fingerprint density at radius 1 is 1.29 bits per heavy atom. The maximum atomic E-state index is 13.5. The van der Waals surface area contributed by atoms with Crippen molar-refractivity contribution in [2.24, 2.45) is 0 Å². The lowest BCUT2D eigenvalue weighted by Crippen LogP contribution is -2.29. The zero-order valence-electron chi connectivity index (χ0n) is 13.0. The topological polar surface area (TPSA) is 55.4 Å². The first kappa shape index (κ1) is 17.8. The van der Waals surface area contributed by atoms with Gasteiger partial charge in [-0.05, 0) is 49.1 Å². The third kappa shape index (κ3) is 4.73. The number of amides is 1. The lowest BCUT2D eigenvalue weighted by molar-refractivity contribution is -0.148. The minimum absolute atomic E-state index is 0.312. The summed E-state index contributed by atoms with van der Waals surface area (Å²) in [6.45, 7) is 3.25. The van der Waals surface area contributed by atoms with Gasteiger partial charge in [-0.2, -0.15) is 0 Å². The fourth-order valence-corrected chi connectivity index (χ4v) is 2.61. The van der Waals surface area contributed by atoms with Crippen molar-refractivity contribution in [1.82, 2.24) is 0 Å². The largest absolute Gasteiger partial charge is 0.449 e. The second-order valence-electron chi connectivity index (χ2n) is 4.99. The van der Waals surface area contributed by atoms with Crippen LogP contribution in [0.15, 0.2) is 35.7 Å². The molecule has 0 bridgehead atoms. The molecule has 0 aliphatic carbocycles. The van der Waals surface area contributed by atoms with Crippen LogP contribution in [0.1, 0.15) is 17.4 Å². The summed E-state index contributed by atoms with van der Waals surface area (Å²) in [7, 11) is 0. The second kappa shape index (κ2) is 7.83. The number of aryl methyl sites for hydroxylation is 1. The van der Waals surface area contributed by atoms with E-state index in [1.807, 2.05) is 18.4 Å². The number of benzene rings is 1. The average molecular weight is 351 g/mol. The molecule has 0 unspecified atom stereocenters. The molecule has 4 nitrogen and oxygen atoms in total. The van der Waals surface area contributed by atoms with Crippen molar-refractivity contribution in [3.8, 4) is 0 Å². The summed E-state index contributed by atoms with van der Waals surface area (Å²) >= 11 is 1.47. The van der Waals surface area contributed by atoms with Crippen LogP contribution in [-0.4, -0.2) is 18.0 Å². The molecule has 0 aliphatic heterocycles. The number of anilines is 1. The lowest BCUT2D eigenvalue weighted by Gasteiger charge is -2.12. The van der Waals surface area contributed by atoms with E-state index in [4.69, 9.17) is 4.74 Å². The van der Waals surface area contributed by atoms with Gasteiger partial charge in [-0.25, -0.2) is 13.6 Å². The number of rotatable bonds is 5. The first-order valence-electron chi connectivity index (χ1n) is 7.05. The maximum absolute atomic E-state index is 13.5. The quantitative estimate of drug-likeness (QED) is 0.656. The number of hydrogen-bond donors (Lipinski definition) is 1. The number of thiophene rings is 1. The summed E-state index contributed by atoms with van der Waals surface area (Å²) in [6.07, 6.45) is 1.65. The van der Waals surface area contributed by atoms with Gasteiger partial charge in [0.1, 0.15) is 11.6 Å². The van der Waals surface area contributed by atoms with Gasteiger partial charge in [-0.15, -0.1) is 11.3 Å². The number of nitrogens with one attached hydrogen (secondary N) is 1. The van der Waals surface area contributed by atoms with Crippen molar-refractivity contribution in [1.29, 1.82) is 0 Å². The summed E-state index contributed by atoms with van der Waals surface area (Å²) in [5, 5.41) is 4.07. The molecule has 2 rings (SSSR count). The zero-order valence-corrected chi connectivity index (χ0v) is 13.8. The molecule has 0 saturated heterocycles. The van der Waals surface area contributed by atoms with Crippen LogP contribution in [0.2, 0.25) is 0 Å². The fraction of sp³-hybridized carbons (Fsp3) is 0.176. The Balaban J connectivity index is 1.93. The van der Waals surface area contributed by atoms with Crippen molar-refractivity contribution in [2.45, 2.75) is 20.0 Å². The number of carbonyl (C=O) groups excluding carboxylic acids is 2. The van der Waals surface area contributed by atoms with Crippen LogP contribution in [-0.2, 0) is 14.3 Å². The van der Waals surface area contributed by atoms with E-state index in [2.05, 4.69) is 5.32 Å². The van der Waals surface area contributed by atoms with Crippen molar-refractivity contribution < 1.29 is 23.1 Å². The van der Waals surface area contributed by atoms with Crippen molar-refractivity contribution in [3.05, 3.63) is 57.8 Å². The third-order valence-electron chi connectivity index (χ3n) is 3.12. The highest BCUT2D eigenvalue weighted by Crippen LogP contribution is 2.18. The molecular weight excluding hydrogens is 336 g/mol. The lowest BCUT2D eigenvalue weighted by atomic mass is 10.2. The predicted octanol–water partition coefficient (Wildman–Crippen LogP) is 3.92. The molecule has 1 N–H and O–H groups in total. The Kier molecular flexibility index (Phi) is 5.81. The molecule has 24 heavy (non-hydrogen) atoms. The van der Waals surface area contributed by atoms with Gasteiger partial charge in [-0.1, -0.05) is 0 Å². The summed E-state index contributed by atoms with van der Waals surface area (Å²) in [4.78, 5) is 24.5. The van der Waals surface area contributed by atoms with E-state index < -0.39 is 29.6 Å². The summed E-state index contributed by atoms with van der Waals surface area (Å²) < 4.78 is 31.5. The minimum atomic E-state index is -1.16. The maximum Gasteiger partial charge on any atom is 0.331 e. The molecule has 1 amide bonds. The van der Waals surface area contributed by atoms with Crippen LogP contribution in [0, 0.1) is 18.6 Å². The summed E-state index contributed by atoms with van der Waals surface area (Å²) in [5.41, 5.74) is 0.712. The molecule has 0 aliphatic rings. The van der Waals surface area contributed by atoms with Gasteiger partial charge in [0, 0.05) is 17.0 Å². The molecule has 0 radical (unpaired) electrons. The molecule has 1 atom stereocenters. The Labute approximate surface area is 141 Å². The molecule has 7 heteroatoms. The summed E-state index contributed by atoms with van der Waals surface area (Å²) in [5.74, 6) is -2.93. The first-order valence-corrected chi connectivity index (χ1v) is 7.93. The summed E-state index contributed by atoms with van der Waals surface area (Å²) in [6, 6.07) is 4.60. The normalized spacial score (nSPS) is 12.2. The zero-order chi connectivity index (χ0) is 17.7. The molecule has 1 aromatic carbocycles. The average Bonchev–Trinajstić information content (AvgIpc) is 2.94. The minimum Gasteiger partial charge on any atom is -0.449 e. The van der Waals surface area contributed by atoms with Crippen molar-refractivity contribution in [2.75, 3.05) is 5.32 Å². The van der Waals surface area contributed by atoms with Crippen LogP contribution >= 0.6 is 11.3 Å². The molecule has 2 aromatic rings. The third-order valence-corrected chi connectivity index (χ3v) is 4.11. The van der Waals surface area contributed by atoms with E-state index in [9.17, 15) is 18.4 Å². The highest BCUT2D eigenvalue weighted by Gasteiger charge is 2.18. The Bertz CT molecular complexity index is 786. The number of hydrogen-bond acceptors (Lipinski definition) is 4. The Hall–Kier alpha value is -2.54. The highest BCUT2D eigenvalue weighted by atomic mass is 32.1. The molecule has 0 fully saturated rings. The number of esters is 1. The molecule has 126 valence electrons. The van der Waals surface area contributed by atoms with E-state index in [0.717, 1.165) is 28.6 Å². The van der Waals surface area contributed by atoms with Crippen LogP contribution in [0.4, 0.5) is 14.5 Å². The van der Waals surface area contributed by atoms with Crippen LogP contribution in [0.5, 0.6) is 0 Å². The van der Waals surface area contributed by atoms with Gasteiger partial charge in [0.2, 0.25) is 0 Å². The van der Waals surface area contributed by atoms with Crippen LogP contribution in [0.3, 0.4) is 0 Å². The fourth-order valence-electron chi connectivity index (χ4n) is 1.79. The second-order valence-corrected chi connectivity index (χ2v) is 5.94. The van der Waals surface area contributed by atoms with Gasteiger partial charge in [0.25, 0.3) is 5.91 Å². The molecule has 1 aromatic heterocycles. The van der Waals surface area contributed by atoms with Gasteiger partial charge < -0.3 is 10.1 Å². The molecule has 0 saturated carbocycles. The number of halogens is 2. The SMILES string of the molecule is Cc1ccsc1/C=C/C(=O)O[C@H](C)C(=O)Nc1cc(F)ccc1F. The van der Waals surface area contributed by atoms with Crippen molar-refractivity contribution >= 4 is 35.0 Å². The van der Waals surface area contributed by atoms with Crippen LogP contribution < -0.4 is 5.32 Å². The van der Waals surface area contributed by atoms with Gasteiger partial charge in [0.15, 0.2) is 6.10 Å². The highest BCUT2D eigenvalue weighted by molar-refractivity contribution is 7.11. The van der Waals surface area contributed by atoms with Gasteiger partial charge >= 0.3 is 5.97 Å². The Morgan fingerprint density at radius 2 is 2.04 bits per heavy atom. The molecule has 0 spiro atoms. The standard InChI is InChI=1S/C17H15F2NO3S/c1-10-7-8-24-15(10)5-6-16(21)23-11(2)17(22)20-14-9-12(18)3-4-13(14)19/h3-9,11H,1-2H3,(H,20,22)/b6-5+/t11-/m1/s1. The number of ether oxygens (including phenoxy) is 1. The first-order chi connectivity index (χ1) is 11.4. The predicted molar refractivity (Wildman–Crippen MR) is 88.6 cm³/mol. The van der Waals surface area contributed by atoms with E-state index >= 15 is 0 Å². The van der Waals surface area contributed by atoms with E-state index in [-0.39, 0.29) is 5.69 Å². The van der Waals surface area contributed by atoms with Gasteiger partial charge in [0.05, 0.1) is 5.69 Å². The monoisotopic (exact) mass is 351 g/mol. The van der Waals surface area contributed by atoms with Crippen molar-refractivity contribution in [3.63, 3.8) is 0 Å². The molecule has 1 heterocycles. The van der Waals surface area contributed by atoms with E-state index in [1.54, 1.807) is 6.08 Å². The van der Waals surface area contributed by atoms with E-state index in [1.165, 1.54) is 24.3 Å². The molecular formula is C17H15F2NO3S. The number of carbonyl (C=O) groups is 2. The van der Waals surface area contributed by atoms with E-state index in [0.29, 0.717) is 0 Å². The van der Waals surface area contributed by atoms with Crippen LogP contribution in [0.25, 0.3) is 6.08 Å². The Morgan fingerprint density at radius 3 is 2.71 bits per heavy atom. The smallest absolute Gasteiger partial charge is 0.331 e. The van der Waals surface area contributed by atoms with Gasteiger partial charge in [-0.3, -0.25) is 4.79 Å².